The Morgan fingerprint density at radius 1 is 1.24 bits per heavy atom. The zero-order chi connectivity index (χ0) is 12.5. The third-order valence-electron chi connectivity index (χ3n) is 4.18. The van der Waals surface area contributed by atoms with Crippen LogP contribution in [0.4, 0.5) is 0 Å². The van der Waals surface area contributed by atoms with Crippen LogP contribution in [0.25, 0.3) is 0 Å². The highest BCUT2D eigenvalue weighted by molar-refractivity contribution is 5.88. The molecule has 0 atom stereocenters. The lowest BCUT2D eigenvalue weighted by atomic mass is 9.75. The molecule has 1 amide bonds. The zero-order valence-electron chi connectivity index (χ0n) is 10.1. The molecule has 2 aliphatic rings. The van der Waals surface area contributed by atoms with Crippen molar-refractivity contribution in [3.05, 3.63) is 0 Å². The van der Waals surface area contributed by atoms with Gasteiger partial charge in [0.25, 0.3) is 0 Å². The van der Waals surface area contributed by atoms with Crippen molar-refractivity contribution in [1.29, 1.82) is 0 Å². The minimum Gasteiger partial charge on any atom is -0.480 e. The highest BCUT2D eigenvalue weighted by atomic mass is 16.5. The average Bonchev–Trinajstić information content (AvgIpc) is 2.17. The topological polar surface area (TPSA) is 75.6 Å². The maximum atomic E-state index is 11.9. The number of carboxylic acids is 1. The molecule has 0 aliphatic heterocycles. The van der Waals surface area contributed by atoms with Gasteiger partial charge < -0.3 is 15.2 Å². The second kappa shape index (κ2) is 4.29. The zero-order valence-corrected chi connectivity index (χ0v) is 10.1. The monoisotopic (exact) mass is 241 g/mol. The maximum Gasteiger partial charge on any atom is 0.329 e. The van der Waals surface area contributed by atoms with Gasteiger partial charge in [0.2, 0.25) is 5.91 Å². The van der Waals surface area contributed by atoms with Gasteiger partial charge in [0.05, 0.1) is 12.0 Å². The van der Waals surface area contributed by atoms with E-state index >= 15 is 0 Å². The van der Waals surface area contributed by atoms with E-state index in [0.29, 0.717) is 12.8 Å². The fraction of sp³-hybridized carbons (Fsp3) is 0.833. The molecule has 5 nitrogen and oxygen atoms in total. The molecule has 0 heterocycles. The third kappa shape index (κ3) is 2.16. The van der Waals surface area contributed by atoms with Crippen molar-refractivity contribution in [2.45, 2.75) is 56.1 Å². The number of hydrogen-bond donors (Lipinski definition) is 2. The first kappa shape index (κ1) is 12.4. The van der Waals surface area contributed by atoms with Crippen LogP contribution in [0.3, 0.4) is 0 Å². The first-order valence-corrected chi connectivity index (χ1v) is 6.12. The van der Waals surface area contributed by atoms with Crippen molar-refractivity contribution in [3.8, 4) is 0 Å². The fourth-order valence-corrected chi connectivity index (χ4v) is 2.55. The number of aliphatic carboxylic acids is 1. The summed E-state index contributed by atoms with van der Waals surface area (Å²) in [5.41, 5.74) is -1.34. The maximum absolute atomic E-state index is 11.9. The van der Waals surface area contributed by atoms with E-state index in [4.69, 9.17) is 9.84 Å². The molecular weight excluding hydrogens is 222 g/mol. The lowest BCUT2D eigenvalue weighted by Gasteiger charge is -2.42. The van der Waals surface area contributed by atoms with E-state index in [1.54, 1.807) is 7.11 Å². The standard InChI is InChI=1S/C12H19NO4/c1-17-11(4-2-5-11)8-9(14)13-12(10(15)16)6-3-7-12/h2-8H2,1H3,(H,13,14)(H,15,16). The summed E-state index contributed by atoms with van der Waals surface area (Å²) < 4.78 is 5.36. The van der Waals surface area contributed by atoms with Crippen molar-refractivity contribution in [2.24, 2.45) is 0 Å². The Labute approximate surface area is 101 Å². The highest BCUT2D eigenvalue weighted by Gasteiger charge is 2.47. The number of carbonyl (C=O) groups is 2. The van der Waals surface area contributed by atoms with Crippen molar-refractivity contribution in [2.75, 3.05) is 7.11 Å². The SMILES string of the molecule is COC1(CC(=O)NC2(C(=O)O)CCC2)CCC1. The molecule has 2 rings (SSSR count). The molecule has 2 aliphatic carbocycles. The smallest absolute Gasteiger partial charge is 0.329 e. The first-order valence-electron chi connectivity index (χ1n) is 6.12. The van der Waals surface area contributed by atoms with Gasteiger partial charge in [0.15, 0.2) is 0 Å². The Balaban J connectivity index is 1.90. The molecular formula is C12H19NO4. The Morgan fingerprint density at radius 2 is 1.82 bits per heavy atom. The summed E-state index contributed by atoms with van der Waals surface area (Å²) in [6.07, 6.45) is 5.06. The van der Waals surface area contributed by atoms with Crippen LogP contribution in [0.2, 0.25) is 0 Å². The summed E-state index contributed by atoms with van der Waals surface area (Å²) in [4.78, 5) is 23.0. The number of ether oxygens (including phenoxy) is 1. The quantitative estimate of drug-likeness (QED) is 0.755. The second-order valence-corrected chi connectivity index (χ2v) is 5.21. The predicted molar refractivity (Wildman–Crippen MR) is 60.6 cm³/mol. The summed E-state index contributed by atoms with van der Waals surface area (Å²) in [6, 6.07) is 0. The first-order chi connectivity index (χ1) is 8.02. The largest absolute Gasteiger partial charge is 0.480 e. The van der Waals surface area contributed by atoms with Gasteiger partial charge in [-0.1, -0.05) is 0 Å². The Morgan fingerprint density at radius 3 is 2.12 bits per heavy atom. The lowest BCUT2D eigenvalue weighted by molar-refractivity contribution is -0.154. The molecule has 96 valence electrons. The number of carbonyl (C=O) groups excluding carboxylic acids is 1. The van der Waals surface area contributed by atoms with Crippen LogP contribution in [0.1, 0.15) is 44.9 Å². The molecule has 0 radical (unpaired) electrons. The third-order valence-corrected chi connectivity index (χ3v) is 4.18. The molecule has 2 N–H and O–H groups in total. The van der Waals surface area contributed by atoms with E-state index in [2.05, 4.69) is 5.32 Å². The van der Waals surface area contributed by atoms with Crippen molar-refractivity contribution >= 4 is 11.9 Å². The molecule has 17 heavy (non-hydrogen) atoms. The summed E-state index contributed by atoms with van der Waals surface area (Å²) in [7, 11) is 1.61. The van der Waals surface area contributed by atoms with Gasteiger partial charge in [-0.3, -0.25) is 4.79 Å². The number of rotatable bonds is 5. The van der Waals surface area contributed by atoms with Gasteiger partial charge in [-0.05, 0) is 38.5 Å². The molecule has 5 heteroatoms. The van der Waals surface area contributed by atoms with Crippen LogP contribution in [0.15, 0.2) is 0 Å². The molecule has 0 aromatic heterocycles. The molecule has 0 aromatic carbocycles. The highest BCUT2D eigenvalue weighted by Crippen LogP contribution is 2.39. The Bertz CT molecular complexity index is 326. The van der Waals surface area contributed by atoms with Gasteiger partial charge in [-0.25, -0.2) is 4.79 Å². The van der Waals surface area contributed by atoms with Crippen molar-refractivity contribution < 1.29 is 19.4 Å². The summed E-state index contributed by atoms with van der Waals surface area (Å²) in [5.74, 6) is -1.12. The number of methoxy groups -OCH3 is 1. The van der Waals surface area contributed by atoms with Gasteiger partial charge in [0.1, 0.15) is 5.54 Å². The van der Waals surface area contributed by atoms with Crippen LogP contribution in [0, 0.1) is 0 Å². The summed E-state index contributed by atoms with van der Waals surface area (Å²) >= 11 is 0. The minimum atomic E-state index is -1.00. The number of carboxylic acid groups (broad SMARTS) is 1. The van der Waals surface area contributed by atoms with E-state index < -0.39 is 11.5 Å². The van der Waals surface area contributed by atoms with Crippen LogP contribution in [-0.4, -0.2) is 35.2 Å². The Kier molecular flexibility index (Phi) is 3.12. The van der Waals surface area contributed by atoms with E-state index in [0.717, 1.165) is 25.7 Å². The van der Waals surface area contributed by atoms with Crippen molar-refractivity contribution in [3.63, 3.8) is 0 Å². The second-order valence-electron chi connectivity index (χ2n) is 5.21. The normalized spacial score (nSPS) is 24.3. The molecule has 0 bridgehead atoms. The van der Waals surface area contributed by atoms with Gasteiger partial charge >= 0.3 is 5.97 Å². The average molecular weight is 241 g/mol. The van der Waals surface area contributed by atoms with Gasteiger partial charge in [0, 0.05) is 7.11 Å². The summed E-state index contributed by atoms with van der Waals surface area (Å²) in [6.45, 7) is 0. The molecule has 0 saturated heterocycles. The number of hydrogen-bond acceptors (Lipinski definition) is 3. The minimum absolute atomic E-state index is 0.200. The van der Waals surface area contributed by atoms with Crippen LogP contribution in [-0.2, 0) is 14.3 Å². The number of nitrogens with one attached hydrogen (secondary N) is 1. The van der Waals surface area contributed by atoms with E-state index in [1.807, 2.05) is 0 Å². The van der Waals surface area contributed by atoms with E-state index in [1.165, 1.54) is 0 Å². The van der Waals surface area contributed by atoms with Gasteiger partial charge in [-0.2, -0.15) is 0 Å². The Hall–Kier alpha value is -1.10. The number of amides is 1. The fourth-order valence-electron chi connectivity index (χ4n) is 2.55. The van der Waals surface area contributed by atoms with Crippen LogP contribution < -0.4 is 5.32 Å². The molecule has 0 aromatic rings. The van der Waals surface area contributed by atoms with Crippen LogP contribution >= 0.6 is 0 Å². The van der Waals surface area contributed by atoms with Crippen molar-refractivity contribution in [1.82, 2.24) is 5.32 Å². The predicted octanol–water partition coefficient (Wildman–Crippen LogP) is 1.07. The molecule has 2 saturated carbocycles. The van der Waals surface area contributed by atoms with Gasteiger partial charge in [-0.15, -0.1) is 0 Å². The van der Waals surface area contributed by atoms with E-state index in [9.17, 15) is 9.59 Å². The molecule has 0 spiro atoms. The molecule has 2 fully saturated rings. The summed E-state index contributed by atoms with van der Waals surface area (Å²) in [5, 5.41) is 11.8. The van der Waals surface area contributed by atoms with Crippen LogP contribution in [0.5, 0.6) is 0 Å². The lowest BCUT2D eigenvalue weighted by Crippen LogP contribution is -2.60. The molecule has 0 unspecified atom stereocenters. The van der Waals surface area contributed by atoms with E-state index in [-0.39, 0.29) is 17.9 Å².